The van der Waals surface area contributed by atoms with Crippen LogP contribution in [-0.4, -0.2) is 0 Å². The van der Waals surface area contributed by atoms with Gasteiger partial charge in [0.25, 0.3) is 0 Å². The first kappa shape index (κ1) is 28.7. The van der Waals surface area contributed by atoms with Gasteiger partial charge in [0.2, 0.25) is 0 Å². The summed E-state index contributed by atoms with van der Waals surface area (Å²) in [6, 6.07) is 54.9. The quantitative estimate of drug-likeness (QED) is 0.192. The average Bonchev–Trinajstić information content (AvgIpc) is 3.71. The highest BCUT2D eigenvalue weighted by Gasteiger charge is 2.51. The lowest BCUT2D eigenvalue weighted by Crippen LogP contribution is -2.26. The Morgan fingerprint density at radius 2 is 0.920 bits per heavy atom. The Morgan fingerprint density at radius 3 is 1.44 bits per heavy atom. The highest BCUT2D eigenvalue weighted by atomic mass is 19.1. The van der Waals surface area contributed by atoms with Gasteiger partial charge in [-0.2, -0.15) is 5.26 Å². The fraction of sp³-hybridized carbons (Fsp3) is 0.0851. The SMILES string of the molecule is CC1(C)c2ccccc2-c2ccc(N(c3ccc4c(c3)C3(c5ccccc5-c5ccccc53)c3ccccc3-4)c3ccc(C#N)cc3F)cc21. The van der Waals surface area contributed by atoms with E-state index in [9.17, 15) is 5.26 Å². The van der Waals surface area contributed by atoms with Gasteiger partial charge in [-0.1, -0.05) is 123 Å². The molecule has 0 fully saturated rings. The molecule has 7 aromatic carbocycles. The first-order valence-electron chi connectivity index (χ1n) is 17.1. The molecule has 10 rings (SSSR count). The molecule has 3 heteroatoms. The molecule has 0 saturated carbocycles. The van der Waals surface area contributed by atoms with Crippen LogP contribution in [0.3, 0.4) is 0 Å². The Kier molecular flexibility index (Phi) is 5.83. The van der Waals surface area contributed by atoms with Gasteiger partial charge in [0.05, 0.1) is 22.7 Å². The molecule has 0 aliphatic heterocycles. The number of halogens is 1. The van der Waals surface area contributed by atoms with Gasteiger partial charge in [-0.25, -0.2) is 4.39 Å². The number of anilines is 3. The third kappa shape index (κ3) is 3.60. The number of rotatable bonds is 3. The maximum atomic E-state index is 16.3. The summed E-state index contributed by atoms with van der Waals surface area (Å²) in [6.07, 6.45) is 0. The minimum atomic E-state index is -0.522. The molecular weight excluding hydrogens is 612 g/mol. The fourth-order valence-electron chi connectivity index (χ4n) is 9.24. The van der Waals surface area contributed by atoms with Crippen LogP contribution in [0.2, 0.25) is 0 Å². The van der Waals surface area contributed by atoms with E-state index in [4.69, 9.17) is 0 Å². The fourth-order valence-corrected chi connectivity index (χ4v) is 9.24. The van der Waals surface area contributed by atoms with Crippen molar-refractivity contribution in [2.24, 2.45) is 0 Å². The minimum Gasteiger partial charge on any atom is -0.308 e. The van der Waals surface area contributed by atoms with E-state index in [1.54, 1.807) is 12.1 Å². The molecule has 3 aliphatic carbocycles. The van der Waals surface area contributed by atoms with Crippen molar-refractivity contribution in [2.45, 2.75) is 24.7 Å². The number of hydrogen-bond acceptors (Lipinski definition) is 2. The minimum absolute atomic E-state index is 0.224. The molecule has 50 heavy (non-hydrogen) atoms. The summed E-state index contributed by atoms with van der Waals surface area (Å²) in [5, 5.41) is 9.61. The van der Waals surface area contributed by atoms with Crippen LogP contribution in [0.5, 0.6) is 0 Å². The molecule has 3 aliphatic rings. The largest absolute Gasteiger partial charge is 0.308 e. The van der Waals surface area contributed by atoms with Crippen molar-refractivity contribution < 1.29 is 4.39 Å². The lowest BCUT2D eigenvalue weighted by atomic mass is 9.70. The molecule has 2 nitrogen and oxygen atoms in total. The van der Waals surface area contributed by atoms with Gasteiger partial charge < -0.3 is 4.90 Å². The summed E-state index contributed by atoms with van der Waals surface area (Å²) in [5.41, 5.74) is 16.5. The molecule has 0 amide bonds. The van der Waals surface area contributed by atoms with Crippen LogP contribution in [0.15, 0.2) is 152 Å². The summed E-state index contributed by atoms with van der Waals surface area (Å²) in [7, 11) is 0. The topological polar surface area (TPSA) is 27.0 Å². The lowest BCUT2D eigenvalue weighted by Gasteiger charge is -2.32. The summed E-state index contributed by atoms with van der Waals surface area (Å²) in [4.78, 5) is 2.03. The molecule has 0 saturated heterocycles. The number of benzene rings is 7. The Morgan fingerprint density at radius 1 is 0.480 bits per heavy atom. The van der Waals surface area contributed by atoms with Gasteiger partial charge in [0.15, 0.2) is 0 Å². The maximum Gasteiger partial charge on any atom is 0.148 e. The van der Waals surface area contributed by atoms with Gasteiger partial charge in [0.1, 0.15) is 5.82 Å². The number of nitriles is 1. The third-order valence-electron chi connectivity index (χ3n) is 11.4. The molecule has 0 unspecified atom stereocenters. The van der Waals surface area contributed by atoms with E-state index >= 15 is 4.39 Å². The van der Waals surface area contributed by atoms with Crippen molar-refractivity contribution in [3.05, 3.63) is 196 Å². The second kappa shape index (κ2) is 10.1. The molecule has 0 radical (unpaired) electrons. The molecule has 0 N–H and O–H groups in total. The number of hydrogen-bond donors (Lipinski definition) is 0. The molecule has 236 valence electrons. The Balaban J connectivity index is 1.25. The molecule has 0 heterocycles. The van der Waals surface area contributed by atoms with Crippen molar-refractivity contribution in [3.63, 3.8) is 0 Å². The van der Waals surface area contributed by atoms with Crippen LogP contribution in [0.25, 0.3) is 33.4 Å². The summed E-state index contributed by atoms with van der Waals surface area (Å²) in [5.74, 6) is -0.442. The van der Waals surface area contributed by atoms with Crippen LogP contribution in [0, 0.1) is 17.1 Å². The van der Waals surface area contributed by atoms with E-state index in [0.717, 1.165) is 11.4 Å². The Labute approximate surface area is 291 Å². The van der Waals surface area contributed by atoms with E-state index in [-0.39, 0.29) is 5.41 Å². The second-order valence-corrected chi connectivity index (χ2v) is 14.1. The van der Waals surface area contributed by atoms with Crippen molar-refractivity contribution in [3.8, 4) is 39.4 Å². The normalized spacial score (nSPS) is 14.6. The average molecular weight is 643 g/mol. The third-order valence-corrected chi connectivity index (χ3v) is 11.4. The zero-order chi connectivity index (χ0) is 33.8. The molecular formula is C47H31FN2. The molecule has 0 bridgehead atoms. The van der Waals surface area contributed by atoms with Crippen LogP contribution in [-0.2, 0) is 10.8 Å². The first-order chi connectivity index (χ1) is 24.4. The standard InChI is InChI=1S/C47H31FN2/c1-46(2)38-15-7-3-11-32(38)36-22-20-30(26-42(36)46)50(45-24-19-29(28-49)25-44(45)48)31-21-23-37-35-14-6-10-18-41(35)47(43(37)27-31)39-16-8-4-12-33(39)34-13-5-9-17-40(34)47/h3-27H,1-2H3. The second-order valence-electron chi connectivity index (χ2n) is 14.1. The van der Waals surface area contributed by atoms with Crippen LogP contribution in [0.1, 0.15) is 52.8 Å². The highest BCUT2D eigenvalue weighted by molar-refractivity contribution is 5.96. The lowest BCUT2D eigenvalue weighted by molar-refractivity contribution is 0.628. The van der Waals surface area contributed by atoms with Gasteiger partial charge >= 0.3 is 0 Å². The highest BCUT2D eigenvalue weighted by Crippen LogP contribution is 2.63. The van der Waals surface area contributed by atoms with E-state index < -0.39 is 11.2 Å². The molecule has 0 atom stereocenters. The Hall–Kier alpha value is -6.24. The van der Waals surface area contributed by atoms with Crippen LogP contribution in [0.4, 0.5) is 21.5 Å². The number of fused-ring (bicyclic) bond motifs is 13. The molecule has 0 aromatic heterocycles. The predicted molar refractivity (Wildman–Crippen MR) is 200 cm³/mol. The summed E-state index contributed by atoms with van der Waals surface area (Å²) in [6.45, 7) is 4.53. The molecule has 1 spiro atoms. The smallest absolute Gasteiger partial charge is 0.148 e. The van der Waals surface area contributed by atoms with Crippen LogP contribution >= 0.6 is 0 Å². The predicted octanol–water partition coefficient (Wildman–Crippen LogP) is 11.8. The van der Waals surface area contributed by atoms with E-state index in [2.05, 4.69) is 153 Å². The maximum absolute atomic E-state index is 16.3. The van der Waals surface area contributed by atoms with Crippen molar-refractivity contribution >= 4 is 17.1 Å². The Bertz CT molecular complexity index is 2560. The van der Waals surface area contributed by atoms with Crippen molar-refractivity contribution in [2.75, 3.05) is 4.90 Å². The van der Waals surface area contributed by atoms with Crippen molar-refractivity contribution in [1.29, 1.82) is 5.26 Å². The van der Waals surface area contributed by atoms with Crippen LogP contribution < -0.4 is 4.90 Å². The monoisotopic (exact) mass is 642 g/mol. The first-order valence-corrected chi connectivity index (χ1v) is 17.1. The zero-order valence-corrected chi connectivity index (χ0v) is 27.7. The summed E-state index contributed by atoms with van der Waals surface area (Å²) < 4.78 is 16.3. The number of nitrogens with zero attached hydrogens (tertiary/aromatic N) is 2. The van der Waals surface area contributed by atoms with E-state index in [1.807, 2.05) is 4.90 Å². The van der Waals surface area contributed by atoms with Gasteiger partial charge in [-0.15, -0.1) is 0 Å². The zero-order valence-electron chi connectivity index (χ0n) is 27.7. The van der Waals surface area contributed by atoms with E-state index in [1.165, 1.54) is 72.8 Å². The van der Waals surface area contributed by atoms with E-state index in [0.29, 0.717) is 11.3 Å². The van der Waals surface area contributed by atoms with Gasteiger partial charge in [0, 0.05) is 16.8 Å². The van der Waals surface area contributed by atoms with Gasteiger partial charge in [-0.3, -0.25) is 0 Å². The summed E-state index contributed by atoms with van der Waals surface area (Å²) >= 11 is 0. The van der Waals surface area contributed by atoms with Crippen molar-refractivity contribution in [1.82, 2.24) is 0 Å². The van der Waals surface area contributed by atoms with Gasteiger partial charge in [-0.05, 0) is 109 Å². The molecule has 7 aromatic rings.